The Morgan fingerprint density at radius 2 is 1.90 bits per heavy atom. The second-order valence-electron chi connectivity index (χ2n) is 5.95. The van der Waals surface area contributed by atoms with Crippen molar-refractivity contribution < 1.29 is 18.7 Å². The van der Waals surface area contributed by atoms with Gasteiger partial charge in [-0.2, -0.15) is 5.10 Å². The van der Waals surface area contributed by atoms with Crippen LogP contribution < -0.4 is 20.9 Å². The van der Waals surface area contributed by atoms with E-state index in [0.29, 0.717) is 28.9 Å². The summed E-state index contributed by atoms with van der Waals surface area (Å²) < 4.78 is 10.7. The smallest absolute Gasteiger partial charge is 0.259 e. The summed E-state index contributed by atoms with van der Waals surface area (Å²) in [6.45, 7) is 2.14. The monoisotopic (exact) mass is 393 g/mol. The molecule has 2 aromatic carbocycles. The van der Waals surface area contributed by atoms with Gasteiger partial charge in [-0.05, 0) is 43.3 Å². The molecule has 0 radical (unpaired) electrons. The predicted molar refractivity (Wildman–Crippen MR) is 108 cm³/mol. The van der Waals surface area contributed by atoms with Gasteiger partial charge in [-0.3, -0.25) is 14.4 Å². The van der Waals surface area contributed by atoms with Crippen molar-refractivity contribution in [3.8, 4) is 5.75 Å². The lowest BCUT2D eigenvalue weighted by Crippen LogP contribution is -2.35. The first kappa shape index (κ1) is 19.8. The van der Waals surface area contributed by atoms with Crippen molar-refractivity contribution in [3.63, 3.8) is 0 Å². The molecule has 0 atom stereocenters. The van der Waals surface area contributed by atoms with Crippen LogP contribution in [-0.2, 0) is 4.79 Å². The minimum absolute atomic E-state index is 0.197. The number of hydrogen-bond acceptors (Lipinski definition) is 6. The van der Waals surface area contributed by atoms with Gasteiger partial charge in [0.1, 0.15) is 17.6 Å². The highest BCUT2D eigenvalue weighted by Crippen LogP contribution is 2.12. The van der Waals surface area contributed by atoms with E-state index in [2.05, 4.69) is 15.8 Å². The maximum atomic E-state index is 12.3. The lowest BCUT2D eigenvalue weighted by atomic mass is 10.2. The Bertz CT molecular complexity index is 1100. The highest BCUT2D eigenvalue weighted by Gasteiger charge is 2.08. The maximum Gasteiger partial charge on any atom is 0.259 e. The number of amides is 2. The number of fused-ring (bicyclic) bond motifs is 1. The zero-order chi connectivity index (χ0) is 20.6. The van der Waals surface area contributed by atoms with Crippen LogP contribution in [0, 0.1) is 0 Å². The number of rotatable bonds is 7. The quantitative estimate of drug-likeness (QED) is 0.472. The molecule has 0 saturated heterocycles. The van der Waals surface area contributed by atoms with Gasteiger partial charge in [-0.1, -0.05) is 12.1 Å². The zero-order valence-electron chi connectivity index (χ0n) is 15.7. The lowest BCUT2D eigenvalue weighted by Gasteiger charge is -2.06. The standard InChI is InChI=1S/C21H19N3O5/c1-2-28-16-9-7-14(8-10-16)21(27)22-12-19(25)24-23-11-15-13-29-18-6-4-3-5-17(18)20(15)26/h3-11,13H,2,12H2,1H3,(H,22,27)(H,24,25)/b23-11-. The van der Waals surface area contributed by atoms with Crippen LogP contribution in [0.3, 0.4) is 0 Å². The molecule has 29 heavy (non-hydrogen) atoms. The molecule has 0 unspecified atom stereocenters. The van der Waals surface area contributed by atoms with Gasteiger partial charge < -0.3 is 14.5 Å². The predicted octanol–water partition coefficient (Wildman–Crippen LogP) is 2.07. The van der Waals surface area contributed by atoms with E-state index in [1.165, 1.54) is 12.5 Å². The average Bonchev–Trinajstić information content (AvgIpc) is 2.74. The SMILES string of the molecule is CCOc1ccc(C(=O)NCC(=O)N/N=C\c2coc3ccccc3c2=O)cc1. The molecule has 8 heteroatoms. The molecule has 0 spiro atoms. The summed E-state index contributed by atoms with van der Waals surface area (Å²) in [5, 5.41) is 6.65. The van der Waals surface area contributed by atoms with Crippen LogP contribution >= 0.6 is 0 Å². The number of hydrazone groups is 1. The molecule has 0 fully saturated rings. The third kappa shape index (κ3) is 5.07. The van der Waals surface area contributed by atoms with E-state index in [0.717, 1.165) is 0 Å². The molecule has 0 saturated carbocycles. The van der Waals surface area contributed by atoms with Gasteiger partial charge in [0.05, 0.1) is 30.3 Å². The van der Waals surface area contributed by atoms with E-state index in [1.54, 1.807) is 48.5 Å². The molecule has 2 amide bonds. The maximum absolute atomic E-state index is 12.3. The van der Waals surface area contributed by atoms with Gasteiger partial charge in [0.25, 0.3) is 11.8 Å². The van der Waals surface area contributed by atoms with Gasteiger partial charge in [0.15, 0.2) is 0 Å². The fourth-order valence-corrected chi connectivity index (χ4v) is 2.53. The van der Waals surface area contributed by atoms with Crippen molar-refractivity contribution in [2.24, 2.45) is 5.10 Å². The number of hydrogen-bond donors (Lipinski definition) is 2. The molecule has 2 N–H and O–H groups in total. The average molecular weight is 393 g/mol. The summed E-state index contributed by atoms with van der Waals surface area (Å²) in [4.78, 5) is 36.2. The first-order valence-corrected chi connectivity index (χ1v) is 8.92. The molecule has 1 aromatic heterocycles. The highest BCUT2D eigenvalue weighted by atomic mass is 16.5. The first-order valence-electron chi connectivity index (χ1n) is 8.92. The number of benzene rings is 2. The lowest BCUT2D eigenvalue weighted by molar-refractivity contribution is -0.120. The Hall–Kier alpha value is -3.94. The molecule has 3 rings (SSSR count). The first-order chi connectivity index (χ1) is 14.1. The summed E-state index contributed by atoms with van der Waals surface area (Å²) in [5.74, 6) is -0.276. The van der Waals surface area contributed by atoms with Gasteiger partial charge >= 0.3 is 0 Å². The van der Waals surface area contributed by atoms with Crippen molar-refractivity contribution in [3.05, 3.63) is 76.1 Å². The third-order valence-electron chi connectivity index (χ3n) is 3.94. The molecule has 0 aliphatic rings. The molecule has 148 valence electrons. The number of para-hydroxylation sites is 1. The van der Waals surface area contributed by atoms with Crippen molar-refractivity contribution in [2.45, 2.75) is 6.92 Å². The van der Waals surface area contributed by atoms with Crippen LogP contribution in [0.15, 0.2) is 69.1 Å². The van der Waals surface area contributed by atoms with Gasteiger partial charge in [0.2, 0.25) is 5.43 Å². The molecular formula is C21H19N3O5. The van der Waals surface area contributed by atoms with E-state index in [4.69, 9.17) is 9.15 Å². The highest BCUT2D eigenvalue weighted by molar-refractivity contribution is 5.96. The largest absolute Gasteiger partial charge is 0.494 e. The zero-order valence-corrected chi connectivity index (χ0v) is 15.7. The Kier molecular flexibility index (Phi) is 6.36. The van der Waals surface area contributed by atoms with Crippen molar-refractivity contribution >= 4 is 29.0 Å². The van der Waals surface area contributed by atoms with Crippen LogP contribution in [0.25, 0.3) is 11.0 Å². The van der Waals surface area contributed by atoms with E-state index in [9.17, 15) is 14.4 Å². The van der Waals surface area contributed by atoms with Crippen LogP contribution in [-0.4, -0.2) is 31.2 Å². The molecule has 0 aliphatic carbocycles. The van der Waals surface area contributed by atoms with Gasteiger partial charge in [0, 0.05) is 5.56 Å². The summed E-state index contributed by atoms with van der Waals surface area (Å²) >= 11 is 0. The molecule has 0 aliphatic heterocycles. The van der Waals surface area contributed by atoms with E-state index >= 15 is 0 Å². The van der Waals surface area contributed by atoms with Crippen molar-refractivity contribution in [1.29, 1.82) is 0 Å². The number of nitrogens with one attached hydrogen (secondary N) is 2. The summed E-state index contributed by atoms with van der Waals surface area (Å²) in [5.41, 5.74) is 3.06. The van der Waals surface area contributed by atoms with Gasteiger partial charge in [-0.15, -0.1) is 0 Å². The number of carbonyl (C=O) groups excluding carboxylic acids is 2. The molecule has 8 nitrogen and oxygen atoms in total. The fraction of sp³-hybridized carbons (Fsp3) is 0.143. The van der Waals surface area contributed by atoms with Crippen LogP contribution in [0.4, 0.5) is 0 Å². The van der Waals surface area contributed by atoms with Gasteiger partial charge in [-0.25, -0.2) is 5.43 Å². The second-order valence-corrected chi connectivity index (χ2v) is 5.95. The Balaban J connectivity index is 1.52. The topological polar surface area (TPSA) is 110 Å². The fourth-order valence-electron chi connectivity index (χ4n) is 2.53. The molecular weight excluding hydrogens is 374 g/mol. The molecule has 0 bridgehead atoms. The number of carbonyl (C=O) groups is 2. The normalized spacial score (nSPS) is 10.8. The number of nitrogens with zero attached hydrogens (tertiary/aromatic N) is 1. The van der Waals surface area contributed by atoms with Crippen LogP contribution in [0.1, 0.15) is 22.8 Å². The second kappa shape index (κ2) is 9.32. The van der Waals surface area contributed by atoms with Crippen molar-refractivity contribution in [1.82, 2.24) is 10.7 Å². The van der Waals surface area contributed by atoms with Crippen LogP contribution in [0.2, 0.25) is 0 Å². The Morgan fingerprint density at radius 1 is 1.14 bits per heavy atom. The Labute approximate surface area is 166 Å². The molecule has 3 aromatic rings. The minimum atomic E-state index is -0.536. The van der Waals surface area contributed by atoms with E-state index in [1.807, 2.05) is 6.92 Å². The van der Waals surface area contributed by atoms with Crippen molar-refractivity contribution in [2.75, 3.05) is 13.2 Å². The number of ether oxygens (including phenoxy) is 1. The molecule has 1 heterocycles. The Morgan fingerprint density at radius 3 is 2.66 bits per heavy atom. The minimum Gasteiger partial charge on any atom is -0.494 e. The third-order valence-corrected chi connectivity index (χ3v) is 3.94. The summed E-state index contributed by atoms with van der Waals surface area (Å²) in [6, 6.07) is 13.4. The summed E-state index contributed by atoms with van der Waals surface area (Å²) in [7, 11) is 0. The van der Waals surface area contributed by atoms with E-state index in [-0.39, 0.29) is 17.5 Å². The van der Waals surface area contributed by atoms with Crippen LogP contribution in [0.5, 0.6) is 5.75 Å². The summed E-state index contributed by atoms with van der Waals surface area (Å²) in [6.07, 6.45) is 2.47. The van der Waals surface area contributed by atoms with E-state index < -0.39 is 11.8 Å².